The van der Waals surface area contributed by atoms with E-state index in [1.165, 1.54) is 108 Å². The van der Waals surface area contributed by atoms with Gasteiger partial charge in [0.05, 0.1) is 56.8 Å². The molecule has 3 atom stereocenters. The minimum atomic E-state index is -4.89. The third-order valence-corrected chi connectivity index (χ3v) is 14.8. The quantitative estimate of drug-likeness (QED) is 0.00602. The number of nitrogens with one attached hydrogen (secondary N) is 4. The molecule has 1 heterocycles. The number of likely N-dealkylation sites (N-methyl/N-ethyl adjacent to an activating group) is 1. The zero-order chi connectivity index (χ0) is 58.2. The van der Waals surface area contributed by atoms with Gasteiger partial charge in [-0.15, -0.1) is 0 Å². The lowest BCUT2D eigenvalue weighted by atomic mass is 10.0. The van der Waals surface area contributed by atoms with E-state index in [2.05, 4.69) is 65.9 Å². The van der Waals surface area contributed by atoms with E-state index in [0.717, 1.165) is 57.4 Å². The van der Waals surface area contributed by atoms with Gasteiger partial charge in [-0.2, -0.15) is 13.9 Å². The zero-order valence-electron chi connectivity index (χ0n) is 47.8. The minimum absolute atomic E-state index is 0.0402. The van der Waals surface area contributed by atoms with Gasteiger partial charge >= 0.3 is 11.9 Å². The molecule has 1 aromatic carbocycles. The Bertz CT molecular complexity index is 2240. The van der Waals surface area contributed by atoms with Crippen LogP contribution in [0.25, 0.3) is 0 Å². The van der Waals surface area contributed by atoms with E-state index >= 15 is 0 Å². The number of allylic oxidation sites excluding steroid dienone is 1. The van der Waals surface area contributed by atoms with Crippen LogP contribution in [0.1, 0.15) is 199 Å². The second kappa shape index (κ2) is 42.0. The summed E-state index contributed by atoms with van der Waals surface area (Å²) in [6.07, 6.45) is 29.6. The summed E-state index contributed by atoms with van der Waals surface area (Å²) >= 11 is 3.11. The monoisotopic (exact) mass is 1220 g/mol. The molecule has 0 fully saturated rings. The number of nitrogens with zero attached hydrogens (tertiary/aromatic N) is 4. The van der Waals surface area contributed by atoms with Crippen LogP contribution in [0.5, 0.6) is 0 Å². The van der Waals surface area contributed by atoms with Crippen LogP contribution < -0.4 is 30.9 Å². The van der Waals surface area contributed by atoms with Crippen molar-refractivity contribution in [1.29, 1.82) is 0 Å². The maximum atomic E-state index is 14.1. The van der Waals surface area contributed by atoms with Crippen molar-refractivity contribution in [2.75, 3.05) is 59.3 Å². The average molecular weight is 1220 g/mol. The zero-order valence-corrected chi connectivity index (χ0v) is 51.0. The number of rotatable bonds is 47. The summed E-state index contributed by atoms with van der Waals surface area (Å²) in [5.74, 6) is -3.07. The van der Waals surface area contributed by atoms with Crippen molar-refractivity contribution < 1.29 is 64.4 Å². The van der Waals surface area contributed by atoms with Gasteiger partial charge in [0.25, 0.3) is 18.0 Å². The summed E-state index contributed by atoms with van der Waals surface area (Å²) in [5, 5.41) is 18.3. The van der Waals surface area contributed by atoms with Crippen LogP contribution in [-0.2, 0) is 47.8 Å². The van der Waals surface area contributed by atoms with Gasteiger partial charge in [-0.3, -0.25) is 14.2 Å². The summed E-state index contributed by atoms with van der Waals surface area (Å²) < 4.78 is 73.8. The molecule has 0 spiro atoms. The number of amides is 1. The van der Waals surface area contributed by atoms with Crippen LogP contribution >= 0.6 is 23.8 Å². The fourth-order valence-corrected chi connectivity index (χ4v) is 9.54. The molecule has 2 rings (SSSR count). The number of carbonyl (C=O) groups is 3. The van der Waals surface area contributed by atoms with Crippen LogP contribution in [0, 0.1) is 5.82 Å². The molecule has 1 unspecified atom stereocenters. The number of phosphoric acid groups is 1. The first kappa shape index (κ1) is 71.2. The lowest BCUT2D eigenvalue weighted by Crippen LogP contribution is -2.47. The molecule has 0 bridgehead atoms. The first-order valence-corrected chi connectivity index (χ1v) is 32.4. The number of phosphoric ester groups is 1. The summed E-state index contributed by atoms with van der Waals surface area (Å²) in [6.45, 7) is 3.87. The number of anilines is 1. The number of halogens is 2. The molecule has 452 valence electrons. The van der Waals surface area contributed by atoms with Crippen LogP contribution in [0.15, 0.2) is 44.4 Å². The third kappa shape index (κ3) is 37.7. The number of carbonyl (C=O) groups excluding carboxylic acids is 3. The molecule has 6 N–H and O–H groups in total. The number of esters is 1. The van der Waals surface area contributed by atoms with Crippen molar-refractivity contribution in [1.82, 2.24) is 25.8 Å². The number of hydrogen-bond donors (Lipinski definition) is 5. The van der Waals surface area contributed by atoms with Crippen LogP contribution in [-0.4, -0.2) is 113 Å². The summed E-state index contributed by atoms with van der Waals surface area (Å²) in [4.78, 5) is 63.2. The average Bonchev–Trinajstić information content (AvgIpc) is 3.89. The number of hydrogen-bond acceptors (Lipinski definition) is 16. The fraction of sp³-hybridized carbons (Fsp3) is 0.741. The molecule has 1 amide bonds. The number of hydroxylamine groups is 1. The van der Waals surface area contributed by atoms with Crippen molar-refractivity contribution in [3.05, 3.63) is 46.3 Å². The first-order chi connectivity index (χ1) is 37.7. The molecule has 1 aromatic heterocycles. The Labute approximate surface area is 478 Å². The van der Waals surface area contributed by atoms with Gasteiger partial charge in [0, 0.05) is 19.5 Å². The molecule has 0 aliphatic carbocycles. The van der Waals surface area contributed by atoms with Gasteiger partial charge in [-0.05, 0) is 69.8 Å². The van der Waals surface area contributed by atoms with Crippen molar-refractivity contribution in [2.24, 2.45) is 10.1 Å². The van der Waals surface area contributed by atoms with E-state index in [1.54, 1.807) is 6.08 Å². The standard InChI is InChI=1S/C54H94BrFN9O12PS/c1-6-8-10-12-14-16-18-20-22-24-26-28-30-32-48(47(43-74-78(69,70)73-41-40-65(3,4)5)61-49(66)33-31-29-27-25-23-21-19-17-15-13-11-9-7-2)75-50(67)36-37-51(68)76-63-54(60-44-34-35-46(56)45(55)42-44)52-53(64-77-62-52)58-38-39-59-79(57,71)72/h30,32,34-35,42,47-48,59H,6-29,31,33,36-41,43H2,1-5H3,(H5-,57,58,60,61,63,64,66,69,70,71,72)/b32-30+/t47-,48+/m0/s1. The Balaban J connectivity index is 2.23. The van der Waals surface area contributed by atoms with Crippen LogP contribution in [0.4, 0.5) is 15.9 Å². The van der Waals surface area contributed by atoms with Crippen LogP contribution in [0.3, 0.4) is 0 Å². The van der Waals surface area contributed by atoms with E-state index in [4.69, 9.17) is 28.4 Å². The second-order valence-corrected chi connectivity index (χ2v) is 24.6. The Hall–Kier alpha value is -3.87. The summed E-state index contributed by atoms with van der Waals surface area (Å²) in [7, 11) is -3.22. The number of amidine groups is 1. The van der Waals surface area contributed by atoms with Gasteiger partial charge in [0.2, 0.25) is 11.7 Å². The number of nitrogens with two attached hydrogens (primary N) is 1. The topological polar surface area (TPSA) is 288 Å². The normalized spacial score (nSPS) is 13.8. The Morgan fingerprint density at radius 2 is 1.37 bits per heavy atom. The van der Waals surface area contributed by atoms with Crippen molar-refractivity contribution in [3.63, 3.8) is 0 Å². The van der Waals surface area contributed by atoms with Crippen LogP contribution in [0.2, 0.25) is 0 Å². The molecular weight excluding hydrogens is 1130 g/mol. The highest BCUT2D eigenvalue weighted by Crippen LogP contribution is 2.38. The number of ether oxygens (including phenoxy) is 1. The highest BCUT2D eigenvalue weighted by molar-refractivity contribution is 9.10. The molecule has 0 aliphatic rings. The summed E-state index contributed by atoms with van der Waals surface area (Å²) in [6, 6.07) is 2.64. The predicted octanol–water partition coefficient (Wildman–Crippen LogP) is 10.4. The Morgan fingerprint density at radius 3 is 1.92 bits per heavy atom. The first-order valence-electron chi connectivity index (χ1n) is 28.6. The maximum Gasteiger partial charge on any atom is 0.332 e. The number of benzene rings is 1. The number of aromatic nitrogens is 2. The predicted molar refractivity (Wildman–Crippen MR) is 307 cm³/mol. The lowest BCUT2D eigenvalue weighted by Gasteiger charge is -2.30. The molecule has 0 aliphatic heterocycles. The smallest absolute Gasteiger partial charge is 0.332 e. The Kier molecular flexibility index (Phi) is 37.9. The molecule has 0 radical (unpaired) electrons. The van der Waals surface area contributed by atoms with Crippen molar-refractivity contribution in [3.8, 4) is 0 Å². The minimum Gasteiger partial charge on any atom is -0.756 e. The molecule has 79 heavy (non-hydrogen) atoms. The maximum absolute atomic E-state index is 14.1. The molecule has 0 saturated carbocycles. The second-order valence-electron chi connectivity index (χ2n) is 20.9. The van der Waals surface area contributed by atoms with Gasteiger partial charge in [-0.1, -0.05) is 161 Å². The summed E-state index contributed by atoms with van der Waals surface area (Å²) in [5.41, 5.74) is 2.43. The van der Waals surface area contributed by atoms with E-state index in [1.807, 2.05) is 27.2 Å². The molecule has 0 saturated heterocycles. The van der Waals surface area contributed by atoms with Gasteiger partial charge in [0.1, 0.15) is 25.1 Å². The highest BCUT2D eigenvalue weighted by Gasteiger charge is 2.28. The van der Waals surface area contributed by atoms with E-state index in [-0.39, 0.29) is 59.5 Å². The molecular formula is C54H94BrFN9O12PS. The fourth-order valence-electron chi connectivity index (χ4n) is 8.06. The number of aliphatic imine (C=N–C) groups is 1. The highest BCUT2D eigenvalue weighted by atomic mass is 79.9. The molecule has 2 aromatic rings. The Morgan fingerprint density at radius 1 is 0.810 bits per heavy atom. The number of unbranched alkanes of at least 4 members (excludes halogenated alkanes) is 23. The van der Waals surface area contributed by atoms with Gasteiger partial charge in [-0.25, -0.2) is 28.7 Å². The van der Waals surface area contributed by atoms with Gasteiger partial charge < -0.3 is 38.6 Å². The van der Waals surface area contributed by atoms with E-state index < -0.39 is 67.4 Å². The molecule has 21 nitrogen and oxygen atoms in total. The van der Waals surface area contributed by atoms with Gasteiger partial charge in [0.15, 0.2) is 11.5 Å². The molecule has 25 heteroatoms. The van der Waals surface area contributed by atoms with E-state index in [0.29, 0.717) is 23.9 Å². The van der Waals surface area contributed by atoms with Crippen molar-refractivity contribution in [2.45, 2.75) is 206 Å². The SMILES string of the molecule is CCCCCCCCCCCCC/C=C/[C@@H](OC(=O)CCC(=O)ONC(=Nc1ccc(F)c(Br)c1)c1nonc1NCCNS(N)(=O)=O)[C@H](COP(=O)([O-])OCC[N+](C)(C)C)NC(=O)CCCCCCCCCCCCCCC. The lowest BCUT2D eigenvalue weighted by molar-refractivity contribution is -0.870. The van der Waals surface area contributed by atoms with E-state index in [9.17, 15) is 36.7 Å². The van der Waals surface area contributed by atoms with Crippen molar-refractivity contribution >= 4 is 69.1 Å². The largest absolute Gasteiger partial charge is 0.756 e. The number of quaternary nitrogens is 1. The third-order valence-electron chi connectivity index (χ3n) is 12.6.